The molecule has 6 nitrogen and oxygen atoms in total. The number of aromatic nitrogens is 1. The van der Waals surface area contributed by atoms with Crippen LogP contribution in [0.1, 0.15) is 32.3 Å². The first-order valence-electron chi connectivity index (χ1n) is 10.1. The first-order chi connectivity index (χ1) is 15.2. The highest BCUT2D eigenvalue weighted by Crippen LogP contribution is 2.35. The lowest BCUT2D eigenvalue weighted by molar-refractivity contribution is -0.138. The van der Waals surface area contributed by atoms with Crippen molar-refractivity contribution in [1.82, 2.24) is 10.3 Å². The van der Waals surface area contributed by atoms with Gasteiger partial charge in [0.25, 0.3) is 5.91 Å². The number of amides is 1. The van der Waals surface area contributed by atoms with Gasteiger partial charge in [0.2, 0.25) is 0 Å². The number of rotatable bonds is 5. The molecule has 4 rings (SSSR count). The summed E-state index contributed by atoms with van der Waals surface area (Å²) in [5.41, 5.74) is 0.240. The summed E-state index contributed by atoms with van der Waals surface area (Å²) in [6.07, 6.45) is -4.53. The topological polar surface area (TPSA) is 67.6 Å². The molecule has 1 aromatic carbocycles. The number of aryl methyl sites for hydroxylation is 2. The smallest absolute Gasteiger partial charge is 0.416 e. The Balaban J connectivity index is 1.51. The third-order valence-electron chi connectivity index (χ3n) is 5.17. The van der Waals surface area contributed by atoms with Crippen LogP contribution >= 0.6 is 11.3 Å². The summed E-state index contributed by atoms with van der Waals surface area (Å²) in [6.45, 7) is 5.28. The Morgan fingerprint density at radius 3 is 2.59 bits per heavy atom. The predicted molar refractivity (Wildman–Crippen MR) is 115 cm³/mol. The number of ether oxygens (including phenoxy) is 1. The fourth-order valence-electron chi connectivity index (χ4n) is 3.52. The summed E-state index contributed by atoms with van der Waals surface area (Å²) in [7, 11) is 0. The fraction of sp³-hybridized carbons (Fsp3) is 0.364. The van der Waals surface area contributed by atoms with Crippen LogP contribution in [0, 0.1) is 13.8 Å². The molecule has 3 heterocycles. The van der Waals surface area contributed by atoms with Crippen LogP contribution in [0.4, 0.5) is 18.9 Å². The molecule has 2 aromatic heterocycles. The summed E-state index contributed by atoms with van der Waals surface area (Å²) < 4.78 is 52.0. The molecule has 0 spiro atoms. The van der Waals surface area contributed by atoms with Gasteiger partial charge in [-0.2, -0.15) is 13.2 Å². The van der Waals surface area contributed by atoms with E-state index >= 15 is 0 Å². The first-order valence-corrected chi connectivity index (χ1v) is 10.9. The molecule has 1 saturated heterocycles. The van der Waals surface area contributed by atoms with Gasteiger partial charge in [-0.25, -0.2) is 4.98 Å². The minimum atomic E-state index is -4.53. The number of nitrogens with zero attached hydrogens (tertiary/aromatic N) is 2. The monoisotopic (exact) mass is 465 g/mol. The molecule has 1 fully saturated rings. The molecule has 170 valence electrons. The Hall–Kier alpha value is -2.85. The molecule has 1 N–H and O–H groups in total. The zero-order valence-corrected chi connectivity index (χ0v) is 18.4. The summed E-state index contributed by atoms with van der Waals surface area (Å²) in [6, 6.07) is 7.77. The summed E-state index contributed by atoms with van der Waals surface area (Å²) in [5, 5.41) is 3.15. The Morgan fingerprint density at radius 2 is 1.94 bits per heavy atom. The summed E-state index contributed by atoms with van der Waals surface area (Å²) in [4.78, 5) is 19.2. The Labute approximate surface area is 187 Å². The maximum atomic E-state index is 13.7. The van der Waals surface area contributed by atoms with Gasteiger partial charge >= 0.3 is 6.18 Å². The molecule has 1 aliphatic heterocycles. The van der Waals surface area contributed by atoms with Crippen LogP contribution in [0.3, 0.4) is 0 Å². The van der Waals surface area contributed by atoms with E-state index in [1.807, 2.05) is 4.90 Å². The van der Waals surface area contributed by atoms with Crippen molar-refractivity contribution < 1.29 is 27.1 Å². The van der Waals surface area contributed by atoms with Crippen LogP contribution in [0.2, 0.25) is 0 Å². The van der Waals surface area contributed by atoms with E-state index < -0.39 is 17.6 Å². The number of furan rings is 1. The SMILES string of the molecule is Cc1ccc(-c2nc(C)c(C(=O)NCc3ccc(N4CCOCC4)cc3C(F)(F)F)s2)o1. The van der Waals surface area contributed by atoms with Crippen molar-refractivity contribution in [1.29, 1.82) is 0 Å². The number of carbonyl (C=O) groups is 1. The van der Waals surface area contributed by atoms with Gasteiger partial charge in [-0.1, -0.05) is 6.07 Å². The van der Waals surface area contributed by atoms with Gasteiger partial charge in [0.1, 0.15) is 10.6 Å². The van der Waals surface area contributed by atoms with Crippen molar-refractivity contribution in [2.24, 2.45) is 0 Å². The maximum absolute atomic E-state index is 13.7. The Bertz CT molecular complexity index is 1120. The lowest BCUT2D eigenvalue weighted by Gasteiger charge is -2.29. The largest absolute Gasteiger partial charge is 0.459 e. The Kier molecular flexibility index (Phi) is 6.25. The van der Waals surface area contributed by atoms with Crippen molar-refractivity contribution in [3.63, 3.8) is 0 Å². The third kappa shape index (κ3) is 4.81. The third-order valence-corrected chi connectivity index (χ3v) is 6.34. The lowest BCUT2D eigenvalue weighted by atomic mass is 10.0. The number of alkyl halides is 3. The highest BCUT2D eigenvalue weighted by atomic mass is 32.1. The second-order valence-corrected chi connectivity index (χ2v) is 8.46. The molecule has 0 saturated carbocycles. The normalized spacial score (nSPS) is 14.6. The first kappa shape index (κ1) is 22.3. The van der Waals surface area contributed by atoms with Crippen molar-refractivity contribution in [3.05, 3.63) is 57.8 Å². The highest BCUT2D eigenvalue weighted by Gasteiger charge is 2.34. The number of benzene rings is 1. The molecule has 0 bridgehead atoms. The standard InChI is InChI=1S/C22H22F3N3O3S/c1-13-3-6-18(31-13)21-27-14(2)19(32-21)20(29)26-12-15-4-5-16(11-17(15)22(23,24)25)28-7-9-30-10-8-28/h3-6,11H,7-10,12H2,1-2H3,(H,26,29). The Morgan fingerprint density at radius 1 is 1.19 bits per heavy atom. The van der Waals surface area contributed by atoms with Crippen LogP contribution in [0.5, 0.6) is 0 Å². The molecule has 0 atom stereocenters. The van der Waals surface area contributed by atoms with Crippen molar-refractivity contribution in [2.45, 2.75) is 26.6 Å². The number of thiazole rings is 1. The number of hydrogen-bond acceptors (Lipinski definition) is 6. The van der Waals surface area contributed by atoms with E-state index in [-0.39, 0.29) is 12.1 Å². The molecule has 3 aromatic rings. The number of carbonyl (C=O) groups excluding carboxylic acids is 1. The number of anilines is 1. The summed E-state index contributed by atoms with van der Waals surface area (Å²) >= 11 is 1.14. The average molecular weight is 465 g/mol. The van der Waals surface area contributed by atoms with Gasteiger partial charge in [-0.3, -0.25) is 4.79 Å². The van der Waals surface area contributed by atoms with E-state index in [0.717, 1.165) is 23.2 Å². The van der Waals surface area contributed by atoms with Crippen LogP contribution in [-0.4, -0.2) is 37.2 Å². The molecule has 32 heavy (non-hydrogen) atoms. The van der Waals surface area contributed by atoms with Gasteiger partial charge in [-0.15, -0.1) is 11.3 Å². The number of nitrogens with one attached hydrogen (secondary N) is 1. The fourth-order valence-corrected chi connectivity index (χ4v) is 4.46. The average Bonchev–Trinajstić information content (AvgIpc) is 3.37. The molecule has 0 aliphatic carbocycles. The van der Waals surface area contributed by atoms with Gasteiger partial charge in [0, 0.05) is 25.3 Å². The number of morpholine rings is 1. The van der Waals surface area contributed by atoms with Gasteiger partial charge in [0.15, 0.2) is 10.8 Å². The van der Waals surface area contributed by atoms with E-state index in [2.05, 4.69) is 10.3 Å². The molecular weight excluding hydrogens is 443 g/mol. The van der Waals surface area contributed by atoms with Gasteiger partial charge in [-0.05, 0) is 43.7 Å². The van der Waals surface area contributed by atoms with Crippen LogP contribution in [-0.2, 0) is 17.5 Å². The lowest BCUT2D eigenvalue weighted by Crippen LogP contribution is -2.36. The molecule has 1 aliphatic rings. The predicted octanol–water partition coefficient (Wildman–Crippen LogP) is 4.81. The zero-order chi connectivity index (χ0) is 22.9. The molecule has 0 radical (unpaired) electrons. The van der Waals surface area contributed by atoms with E-state index in [1.54, 1.807) is 32.0 Å². The van der Waals surface area contributed by atoms with Crippen molar-refractivity contribution >= 4 is 22.9 Å². The zero-order valence-electron chi connectivity index (χ0n) is 17.6. The van der Waals surface area contributed by atoms with E-state index in [1.165, 1.54) is 6.07 Å². The van der Waals surface area contributed by atoms with Crippen molar-refractivity contribution in [2.75, 3.05) is 31.2 Å². The number of halogens is 3. The van der Waals surface area contributed by atoms with Crippen LogP contribution in [0.25, 0.3) is 10.8 Å². The van der Waals surface area contributed by atoms with E-state index in [9.17, 15) is 18.0 Å². The quantitative estimate of drug-likeness (QED) is 0.586. The molecular formula is C22H22F3N3O3S. The van der Waals surface area contributed by atoms with Gasteiger partial charge < -0.3 is 19.4 Å². The highest BCUT2D eigenvalue weighted by molar-refractivity contribution is 7.17. The van der Waals surface area contributed by atoms with Crippen LogP contribution < -0.4 is 10.2 Å². The summed E-state index contributed by atoms with van der Waals surface area (Å²) in [5.74, 6) is 0.798. The maximum Gasteiger partial charge on any atom is 0.416 e. The molecule has 1 amide bonds. The molecule has 10 heteroatoms. The van der Waals surface area contributed by atoms with Crippen molar-refractivity contribution in [3.8, 4) is 10.8 Å². The minimum Gasteiger partial charge on any atom is -0.459 e. The second-order valence-electron chi connectivity index (χ2n) is 7.47. The van der Waals surface area contributed by atoms with Crippen LogP contribution in [0.15, 0.2) is 34.7 Å². The minimum absolute atomic E-state index is 0.00640. The van der Waals surface area contributed by atoms with Gasteiger partial charge in [0.05, 0.1) is 24.5 Å². The second kappa shape index (κ2) is 8.95. The van der Waals surface area contributed by atoms with E-state index in [0.29, 0.717) is 53.3 Å². The van der Waals surface area contributed by atoms with E-state index in [4.69, 9.17) is 9.15 Å². The molecule has 0 unspecified atom stereocenters. The number of hydrogen-bond donors (Lipinski definition) is 1.